The maximum absolute atomic E-state index is 10.9. The summed E-state index contributed by atoms with van der Waals surface area (Å²) in [6, 6.07) is 8.80. The molecule has 1 aromatic rings. The topological polar surface area (TPSA) is 29.1 Å². The lowest BCUT2D eigenvalue weighted by Gasteiger charge is -2.26. The zero-order valence-electron chi connectivity index (χ0n) is 12.2. The van der Waals surface area contributed by atoms with Crippen LogP contribution >= 0.6 is 0 Å². The molecule has 0 aliphatic rings. The molecule has 0 heterocycles. The molecule has 0 aliphatic carbocycles. The Morgan fingerprint density at radius 2 is 1.78 bits per heavy atom. The second kappa shape index (κ2) is 6.14. The van der Waals surface area contributed by atoms with Crippen LogP contribution in [0.2, 0.25) is 0 Å². The summed E-state index contributed by atoms with van der Waals surface area (Å²) in [6.45, 7) is 11.7. The van der Waals surface area contributed by atoms with Crippen molar-refractivity contribution in [2.24, 2.45) is 0 Å². The Labute approximate surface area is 111 Å². The van der Waals surface area contributed by atoms with Crippen LogP contribution in [0.1, 0.15) is 51.7 Å². The molecule has 0 spiro atoms. The Morgan fingerprint density at radius 1 is 1.22 bits per heavy atom. The molecule has 0 amide bonds. The third kappa shape index (κ3) is 4.26. The Kier molecular flexibility index (Phi) is 5.09. The highest BCUT2D eigenvalue weighted by atomic mass is 16.1. The molecule has 0 aromatic heterocycles. The molecule has 1 aromatic carbocycles. The van der Waals surface area contributed by atoms with Gasteiger partial charge in [-0.1, -0.05) is 52.0 Å². The van der Waals surface area contributed by atoms with Gasteiger partial charge in [0.05, 0.1) is 6.54 Å². The number of ketones is 1. The number of rotatable bonds is 6. The van der Waals surface area contributed by atoms with Crippen LogP contribution in [0.4, 0.5) is 0 Å². The van der Waals surface area contributed by atoms with E-state index in [0.717, 1.165) is 6.54 Å². The average molecular weight is 247 g/mol. The zero-order chi connectivity index (χ0) is 13.8. The number of benzene rings is 1. The number of Topliss-reactive ketones (excluding diaryl/α,β-unsaturated/α-hetero) is 1. The Balaban J connectivity index is 2.69. The van der Waals surface area contributed by atoms with Crippen molar-refractivity contribution < 1.29 is 4.79 Å². The quantitative estimate of drug-likeness (QED) is 0.836. The minimum atomic E-state index is 0.0466. The van der Waals surface area contributed by atoms with E-state index in [0.29, 0.717) is 12.5 Å². The van der Waals surface area contributed by atoms with E-state index in [9.17, 15) is 4.79 Å². The first-order chi connectivity index (χ1) is 8.33. The first kappa shape index (κ1) is 14.9. The zero-order valence-corrected chi connectivity index (χ0v) is 12.2. The molecule has 0 fully saturated rings. The van der Waals surface area contributed by atoms with Crippen LogP contribution in [-0.2, 0) is 10.2 Å². The van der Waals surface area contributed by atoms with Crippen molar-refractivity contribution >= 4 is 5.78 Å². The Bertz CT molecular complexity index is 390. The highest BCUT2D eigenvalue weighted by molar-refractivity contribution is 5.77. The summed E-state index contributed by atoms with van der Waals surface area (Å²) in [5.74, 6) is 0.749. The molecule has 1 N–H and O–H groups in total. The predicted molar refractivity (Wildman–Crippen MR) is 77.1 cm³/mol. The lowest BCUT2D eigenvalue weighted by atomic mass is 9.83. The highest BCUT2D eigenvalue weighted by Gasteiger charge is 2.20. The molecular weight excluding hydrogens is 222 g/mol. The van der Waals surface area contributed by atoms with Gasteiger partial charge in [-0.15, -0.1) is 0 Å². The number of carbonyl (C=O) groups is 1. The fourth-order valence-corrected chi connectivity index (χ4v) is 1.97. The summed E-state index contributed by atoms with van der Waals surface area (Å²) in [4.78, 5) is 10.9. The van der Waals surface area contributed by atoms with E-state index in [1.165, 1.54) is 11.1 Å². The minimum Gasteiger partial charge on any atom is -0.309 e. The molecule has 2 nitrogen and oxygen atoms in total. The molecule has 2 heteroatoms. The Hall–Kier alpha value is -1.15. The van der Waals surface area contributed by atoms with Crippen molar-refractivity contribution in [3.8, 4) is 0 Å². The van der Waals surface area contributed by atoms with Gasteiger partial charge in [-0.2, -0.15) is 0 Å². The average Bonchev–Trinajstić information content (AvgIpc) is 2.28. The van der Waals surface area contributed by atoms with Gasteiger partial charge >= 0.3 is 0 Å². The van der Waals surface area contributed by atoms with Crippen molar-refractivity contribution in [2.45, 2.75) is 46.0 Å². The second-order valence-corrected chi connectivity index (χ2v) is 5.97. The van der Waals surface area contributed by atoms with Gasteiger partial charge in [0, 0.05) is 12.0 Å². The van der Waals surface area contributed by atoms with E-state index in [1.54, 1.807) is 6.92 Å². The van der Waals surface area contributed by atoms with Crippen LogP contribution in [0, 0.1) is 0 Å². The largest absolute Gasteiger partial charge is 0.309 e. The van der Waals surface area contributed by atoms with Gasteiger partial charge in [-0.3, -0.25) is 4.79 Å². The summed E-state index contributed by atoms with van der Waals surface area (Å²) in [7, 11) is 0. The van der Waals surface area contributed by atoms with Crippen LogP contribution in [0.25, 0.3) is 0 Å². The van der Waals surface area contributed by atoms with E-state index < -0.39 is 0 Å². The van der Waals surface area contributed by atoms with Crippen molar-refractivity contribution in [2.75, 3.05) is 13.1 Å². The molecule has 0 aliphatic heterocycles. The number of carbonyl (C=O) groups excluding carboxylic acids is 1. The third-order valence-electron chi connectivity index (χ3n) is 3.30. The number of hydrogen-bond acceptors (Lipinski definition) is 2. The number of hydrogen-bond donors (Lipinski definition) is 1. The number of nitrogens with one attached hydrogen (secondary N) is 1. The standard InChI is InChI=1S/C16H25NO/c1-12(2)14-6-8-15(9-7-14)16(4,5)11-17-10-13(3)18/h6-9,12,17H,10-11H2,1-5H3. The van der Waals surface area contributed by atoms with Crippen molar-refractivity contribution in [3.63, 3.8) is 0 Å². The second-order valence-electron chi connectivity index (χ2n) is 5.97. The molecular formula is C16H25NO. The van der Waals surface area contributed by atoms with Gasteiger partial charge in [0.2, 0.25) is 0 Å². The normalized spacial score (nSPS) is 11.9. The van der Waals surface area contributed by atoms with Crippen LogP contribution in [0.3, 0.4) is 0 Å². The van der Waals surface area contributed by atoms with E-state index >= 15 is 0 Å². The molecule has 0 saturated carbocycles. The summed E-state index contributed by atoms with van der Waals surface area (Å²) in [5.41, 5.74) is 2.72. The lowest BCUT2D eigenvalue weighted by Crippen LogP contribution is -2.35. The van der Waals surface area contributed by atoms with Crippen LogP contribution in [0.15, 0.2) is 24.3 Å². The van der Waals surface area contributed by atoms with Gasteiger partial charge < -0.3 is 5.32 Å². The van der Waals surface area contributed by atoms with Crippen LogP contribution < -0.4 is 5.32 Å². The van der Waals surface area contributed by atoms with Crippen molar-refractivity contribution in [1.29, 1.82) is 0 Å². The third-order valence-corrected chi connectivity index (χ3v) is 3.30. The van der Waals surface area contributed by atoms with E-state index in [4.69, 9.17) is 0 Å². The molecule has 1 rings (SSSR count). The minimum absolute atomic E-state index is 0.0466. The first-order valence-corrected chi connectivity index (χ1v) is 6.63. The molecule has 0 saturated heterocycles. The molecule has 0 bridgehead atoms. The first-order valence-electron chi connectivity index (χ1n) is 6.63. The Morgan fingerprint density at radius 3 is 2.22 bits per heavy atom. The monoisotopic (exact) mass is 247 g/mol. The molecule has 18 heavy (non-hydrogen) atoms. The molecule has 100 valence electrons. The summed E-state index contributed by atoms with van der Waals surface area (Å²) in [6.07, 6.45) is 0. The summed E-state index contributed by atoms with van der Waals surface area (Å²) >= 11 is 0. The van der Waals surface area contributed by atoms with Gasteiger partial charge in [0.15, 0.2) is 0 Å². The van der Waals surface area contributed by atoms with E-state index in [2.05, 4.69) is 57.3 Å². The predicted octanol–water partition coefficient (Wildman–Crippen LogP) is 3.27. The van der Waals surface area contributed by atoms with E-state index in [1.807, 2.05) is 0 Å². The maximum Gasteiger partial charge on any atom is 0.143 e. The fraction of sp³-hybridized carbons (Fsp3) is 0.562. The van der Waals surface area contributed by atoms with Crippen molar-refractivity contribution in [1.82, 2.24) is 5.32 Å². The summed E-state index contributed by atoms with van der Waals surface area (Å²) in [5, 5.41) is 3.21. The van der Waals surface area contributed by atoms with Crippen LogP contribution in [-0.4, -0.2) is 18.9 Å². The fourth-order valence-electron chi connectivity index (χ4n) is 1.97. The SMILES string of the molecule is CC(=O)CNCC(C)(C)c1ccc(C(C)C)cc1. The van der Waals surface area contributed by atoms with Gasteiger partial charge in [0.25, 0.3) is 0 Å². The van der Waals surface area contributed by atoms with Gasteiger partial charge in [-0.05, 0) is 24.0 Å². The van der Waals surface area contributed by atoms with Crippen molar-refractivity contribution in [3.05, 3.63) is 35.4 Å². The maximum atomic E-state index is 10.9. The smallest absolute Gasteiger partial charge is 0.143 e. The van der Waals surface area contributed by atoms with E-state index in [-0.39, 0.29) is 11.2 Å². The highest BCUT2D eigenvalue weighted by Crippen LogP contribution is 2.24. The summed E-state index contributed by atoms with van der Waals surface area (Å²) < 4.78 is 0. The van der Waals surface area contributed by atoms with Gasteiger partial charge in [-0.25, -0.2) is 0 Å². The molecule has 0 unspecified atom stereocenters. The van der Waals surface area contributed by atoms with Gasteiger partial charge in [0.1, 0.15) is 5.78 Å². The van der Waals surface area contributed by atoms with Crippen LogP contribution in [0.5, 0.6) is 0 Å². The molecule has 0 radical (unpaired) electrons. The molecule has 0 atom stereocenters. The lowest BCUT2D eigenvalue weighted by molar-refractivity contribution is -0.116.